The maximum absolute atomic E-state index is 13.0. The van der Waals surface area contributed by atoms with E-state index in [0.29, 0.717) is 30.4 Å². The zero-order valence-corrected chi connectivity index (χ0v) is 17.4. The lowest BCUT2D eigenvalue weighted by Crippen LogP contribution is -2.43. The molecule has 3 fully saturated rings. The smallest absolute Gasteiger partial charge is 0.370 e. The maximum Gasteiger partial charge on any atom is 0.391 e. The number of amides is 1. The number of hydrogen-bond acceptors (Lipinski definition) is 3. The Morgan fingerprint density at radius 1 is 0.967 bits per heavy atom. The van der Waals surface area contributed by atoms with Crippen LogP contribution in [0.2, 0.25) is 0 Å². The molecule has 1 aromatic carbocycles. The lowest BCUT2D eigenvalue weighted by atomic mass is 9.81. The number of carbonyl (C=O) groups is 1. The number of carbonyl (C=O) groups excluding carboxylic acids is 1. The zero-order chi connectivity index (χ0) is 21.3. The first-order valence-corrected chi connectivity index (χ1v) is 11.2. The average molecular weight is 424 g/mol. The van der Waals surface area contributed by atoms with Gasteiger partial charge in [-0.15, -0.1) is 0 Å². The van der Waals surface area contributed by atoms with Crippen molar-refractivity contribution < 1.29 is 18.0 Å². The molecule has 1 amide bonds. The summed E-state index contributed by atoms with van der Waals surface area (Å²) in [6, 6.07) is 7.89. The van der Waals surface area contributed by atoms with Crippen molar-refractivity contribution in [3.63, 3.8) is 0 Å². The maximum atomic E-state index is 13.0. The van der Waals surface area contributed by atoms with Gasteiger partial charge in [0.05, 0.1) is 5.92 Å². The second kappa shape index (κ2) is 8.77. The van der Waals surface area contributed by atoms with Crippen molar-refractivity contribution in [2.45, 2.75) is 57.2 Å². The molecule has 1 heterocycles. The van der Waals surface area contributed by atoms with E-state index in [4.69, 9.17) is 5.73 Å². The molecule has 1 saturated heterocycles. The zero-order valence-electron chi connectivity index (χ0n) is 17.4. The molecule has 0 bridgehead atoms. The monoisotopic (exact) mass is 423 g/mol. The van der Waals surface area contributed by atoms with E-state index in [1.54, 1.807) is 12.1 Å². The summed E-state index contributed by atoms with van der Waals surface area (Å²) in [5.41, 5.74) is 6.94. The Kier molecular flexibility index (Phi) is 6.28. The quantitative estimate of drug-likeness (QED) is 0.705. The van der Waals surface area contributed by atoms with E-state index in [2.05, 4.69) is 9.80 Å². The van der Waals surface area contributed by atoms with Crippen LogP contribution in [0.4, 0.5) is 18.9 Å². The van der Waals surface area contributed by atoms with Crippen molar-refractivity contribution in [1.82, 2.24) is 4.90 Å². The number of nitrogens with two attached hydrogens (primary N) is 1. The minimum atomic E-state index is -4.03. The Hall–Kier alpha value is -1.76. The van der Waals surface area contributed by atoms with E-state index < -0.39 is 18.0 Å². The molecule has 7 heteroatoms. The number of benzene rings is 1. The topological polar surface area (TPSA) is 49.6 Å². The van der Waals surface area contributed by atoms with E-state index in [-0.39, 0.29) is 12.8 Å². The number of anilines is 1. The van der Waals surface area contributed by atoms with E-state index in [1.807, 2.05) is 12.1 Å². The molecule has 30 heavy (non-hydrogen) atoms. The fourth-order valence-corrected chi connectivity index (χ4v) is 5.12. The number of hydrogen-bond donors (Lipinski definition) is 1. The molecule has 3 aliphatic rings. The van der Waals surface area contributed by atoms with Crippen LogP contribution in [0.25, 0.3) is 0 Å². The molecule has 2 saturated carbocycles. The summed E-state index contributed by atoms with van der Waals surface area (Å²) in [7, 11) is 0. The predicted octanol–water partition coefficient (Wildman–Crippen LogP) is 4.44. The average Bonchev–Trinajstić information content (AvgIpc) is 3.39. The highest BCUT2D eigenvalue weighted by Gasteiger charge is 2.42. The number of rotatable bonds is 7. The van der Waals surface area contributed by atoms with Gasteiger partial charge in [0.2, 0.25) is 5.91 Å². The molecule has 0 radical (unpaired) electrons. The fraction of sp³-hybridized carbons (Fsp3) is 0.696. The third-order valence-electron chi connectivity index (χ3n) is 7.19. The van der Waals surface area contributed by atoms with Crippen LogP contribution in [0.1, 0.15) is 55.3 Å². The van der Waals surface area contributed by atoms with Crippen LogP contribution in [-0.2, 0) is 0 Å². The molecular weight excluding hydrogens is 391 g/mol. The van der Waals surface area contributed by atoms with Crippen LogP contribution in [0.3, 0.4) is 0 Å². The van der Waals surface area contributed by atoms with E-state index in [9.17, 15) is 18.0 Å². The van der Waals surface area contributed by atoms with Gasteiger partial charge in [-0.2, -0.15) is 13.2 Å². The van der Waals surface area contributed by atoms with Crippen molar-refractivity contribution >= 4 is 11.6 Å². The first-order valence-electron chi connectivity index (χ1n) is 11.2. The largest absolute Gasteiger partial charge is 0.391 e. The third-order valence-corrected chi connectivity index (χ3v) is 7.19. The number of alkyl halides is 3. The summed E-state index contributed by atoms with van der Waals surface area (Å²) in [4.78, 5) is 16.2. The van der Waals surface area contributed by atoms with Gasteiger partial charge < -0.3 is 10.6 Å². The van der Waals surface area contributed by atoms with Gasteiger partial charge in [0.1, 0.15) is 0 Å². The molecule has 0 unspecified atom stereocenters. The highest BCUT2D eigenvalue weighted by Crippen LogP contribution is 2.40. The summed E-state index contributed by atoms with van der Waals surface area (Å²) in [6.45, 7) is 3.90. The van der Waals surface area contributed by atoms with Gasteiger partial charge in [-0.05, 0) is 81.0 Å². The molecule has 1 aliphatic heterocycles. The lowest BCUT2D eigenvalue weighted by molar-refractivity contribution is -0.184. The molecular formula is C23H32F3N3O. The van der Waals surface area contributed by atoms with Gasteiger partial charge in [-0.25, -0.2) is 0 Å². The van der Waals surface area contributed by atoms with E-state index in [1.165, 1.54) is 12.8 Å². The Balaban J connectivity index is 1.34. The van der Waals surface area contributed by atoms with Crippen LogP contribution >= 0.6 is 0 Å². The Morgan fingerprint density at radius 3 is 2.03 bits per heavy atom. The van der Waals surface area contributed by atoms with Gasteiger partial charge in [-0.1, -0.05) is 0 Å². The highest BCUT2D eigenvalue weighted by molar-refractivity contribution is 5.93. The highest BCUT2D eigenvalue weighted by atomic mass is 19.4. The van der Waals surface area contributed by atoms with E-state index >= 15 is 0 Å². The van der Waals surface area contributed by atoms with Gasteiger partial charge >= 0.3 is 6.18 Å². The predicted molar refractivity (Wildman–Crippen MR) is 111 cm³/mol. The first-order chi connectivity index (χ1) is 14.3. The molecule has 1 atom stereocenters. The normalized spacial score (nSPS) is 27.6. The first kappa shape index (κ1) is 21.5. The number of nitrogens with zero attached hydrogens (tertiary/aromatic N) is 2. The minimum absolute atomic E-state index is 0.286. The van der Waals surface area contributed by atoms with Crippen molar-refractivity contribution in [2.75, 3.05) is 31.1 Å². The summed E-state index contributed by atoms with van der Waals surface area (Å²) < 4.78 is 39.0. The molecule has 0 aromatic heterocycles. The summed E-state index contributed by atoms with van der Waals surface area (Å²) in [6.07, 6.45) is 1.55. The molecule has 2 aliphatic carbocycles. The van der Waals surface area contributed by atoms with Crippen LogP contribution in [0.5, 0.6) is 0 Å². The lowest BCUT2D eigenvalue weighted by Gasteiger charge is -2.36. The third kappa shape index (κ3) is 5.29. The van der Waals surface area contributed by atoms with Crippen LogP contribution in [-0.4, -0.2) is 49.2 Å². The summed E-state index contributed by atoms with van der Waals surface area (Å²) in [5, 5.41) is 0. The van der Waals surface area contributed by atoms with Crippen molar-refractivity contribution in [1.29, 1.82) is 0 Å². The molecule has 166 valence electrons. The van der Waals surface area contributed by atoms with Crippen molar-refractivity contribution in [3.05, 3.63) is 29.8 Å². The van der Waals surface area contributed by atoms with E-state index in [0.717, 1.165) is 44.2 Å². The second-order valence-electron chi connectivity index (χ2n) is 9.46. The Labute approximate surface area is 176 Å². The second-order valence-corrected chi connectivity index (χ2v) is 9.46. The molecule has 2 N–H and O–H groups in total. The van der Waals surface area contributed by atoms with Crippen LogP contribution < -0.4 is 10.6 Å². The fourth-order valence-electron chi connectivity index (χ4n) is 5.12. The molecule has 0 spiro atoms. The summed E-state index contributed by atoms with van der Waals surface area (Å²) in [5.74, 6) is -0.376. The molecule has 1 aromatic rings. The van der Waals surface area contributed by atoms with Gasteiger partial charge in [0, 0.05) is 43.5 Å². The number of primary amides is 1. The van der Waals surface area contributed by atoms with Gasteiger partial charge in [0.25, 0.3) is 0 Å². The van der Waals surface area contributed by atoms with Gasteiger partial charge in [0.15, 0.2) is 0 Å². The van der Waals surface area contributed by atoms with Crippen molar-refractivity contribution in [2.24, 2.45) is 23.5 Å². The van der Waals surface area contributed by atoms with Crippen LogP contribution in [0, 0.1) is 17.8 Å². The molecule has 4 nitrogen and oxygen atoms in total. The minimum Gasteiger partial charge on any atom is -0.370 e. The van der Waals surface area contributed by atoms with Gasteiger partial charge in [-0.3, -0.25) is 9.69 Å². The Morgan fingerprint density at radius 2 is 1.53 bits per heavy atom. The molecule has 4 rings (SSSR count). The SMILES string of the molecule is NC(=O)c1ccc(N2CC[C@@H](N(CC3CC3)C[C@H]3CC[C@H](C(F)(F)F)CC3)C2)cc1. The van der Waals surface area contributed by atoms with Crippen LogP contribution in [0.15, 0.2) is 24.3 Å². The standard InChI is InChI=1S/C23H32F3N3O/c24-23(25,26)19-7-3-17(4-8-19)14-29(13-16-1-2-16)21-11-12-28(15-21)20-9-5-18(6-10-20)22(27)30/h5-6,9-10,16-17,19,21H,1-4,7-8,11-15H2,(H2,27,30)/t17-,19-,21-/m1/s1. The Bertz CT molecular complexity index is 724. The number of halogens is 3. The summed E-state index contributed by atoms with van der Waals surface area (Å²) >= 11 is 0. The van der Waals surface area contributed by atoms with Crippen molar-refractivity contribution in [3.8, 4) is 0 Å².